The van der Waals surface area contributed by atoms with Gasteiger partial charge in [-0.15, -0.1) is 5.10 Å². The number of benzene rings is 1. The van der Waals surface area contributed by atoms with E-state index in [4.69, 9.17) is 0 Å². The van der Waals surface area contributed by atoms with E-state index in [9.17, 15) is 9.90 Å². The Bertz CT molecular complexity index is 591. The number of aromatic amines is 1. The summed E-state index contributed by atoms with van der Waals surface area (Å²) >= 11 is 1.37. The van der Waals surface area contributed by atoms with Crippen LogP contribution in [0.3, 0.4) is 0 Å². The SMILES string of the molecule is CC[C@H](O)c1ccccc1Sc1n[nH]c(=O)n1C. The Morgan fingerprint density at radius 1 is 1.50 bits per heavy atom. The summed E-state index contributed by atoms with van der Waals surface area (Å²) in [6, 6.07) is 7.60. The second-order valence-electron chi connectivity index (χ2n) is 3.93. The molecule has 1 aromatic carbocycles. The summed E-state index contributed by atoms with van der Waals surface area (Å²) in [5.41, 5.74) is 0.617. The summed E-state index contributed by atoms with van der Waals surface area (Å²) in [6.45, 7) is 1.93. The van der Waals surface area contributed by atoms with Gasteiger partial charge in [0.15, 0.2) is 5.16 Å². The summed E-state index contributed by atoms with van der Waals surface area (Å²) in [5, 5.41) is 16.9. The third-order valence-corrected chi connectivity index (χ3v) is 3.84. The van der Waals surface area contributed by atoms with Crippen molar-refractivity contribution in [2.24, 2.45) is 7.05 Å². The van der Waals surface area contributed by atoms with Crippen molar-refractivity contribution in [3.8, 4) is 0 Å². The van der Waals surface area contributed by atoms with Crippen LogP contribution in [0, 0.1) is 0 Å². The van der Waals surface area contributed by atoms with Crippen molar-refractivity contribution in [3.05, 3.63) is 40.3 Å². The highest BCUT2D eigenvalue weighted by molar-refractivity contribution is 7.99. The molecule has 2 N–H and O–H groups in total. The van der Waals surface area contributed by atoms with Gasteiger partial charge in [0.25, 0.3) is 0 Å². The van der Waals surface area contributed by atoms with Crippen LogP contribution in [0.15, 0.2) is 39.1 Å². The molecule has 0 bridgehead atoms. The summed E-state index contributed by atoms with van der Waals surface area (Å²) in [6.07, 6.45) is 0.154. The topological polar surface area (TPSA) is 70.9 Å². The van der Waals surface area contributed by atoms with Gasteiger partial charge < -0.3 is 5.11 Å². The van der Waals surface area contributed by atoms with Crippen LogP contribution in [0.1, 0.15) is 25.0 Å². The van der Waals surface area contributed by atoms with Crippen molar-refractivity contribution in [3.63, 3.8) is 0 Å². The van der Waals surface area contributed by atoms with E-state index in [0.29, 0.717) is 11.6 Å². The molecule has 6 heteroatoms. The fraction of sp³-hybridized carbons (Fsp3) is 0.333. The molecule has 0 fully saturated rings. The van der Waals surface area contributed by atoms with Crippen LogP contribution >= 0.6 is 11.8 Å². The molecule has 0 radical (unpaired) electrons. The van der Waals surface area contributed by atoms with E-state index in [1.165, 1.54) is 16.3 Å². The number of hydrogen-bond donors (Lipinski definition) is 2. The molecule has 0 amide bonds. The van der Waals surface area contributed by atoms with E-state index in [0.717, 1.165) is 10.5 Å². The Labute approximate surface area is 109 Å². The van der Waals surface area contributed by atoms with E-state index in [-0.39, 0.29) is 5.69 Å². The molecule has 0 saturated heterocycles. The maximum atomic E-state index is 11.3. The molecule has 0 aliphatic carbocycles. The second kappa shape index (κ2) is 5.41. The molecule has 2 rings (SSSR count). The zero-order chi connectivity index (χ0) is 13.1. The fourth-order valence-electron chi connectivity index (χ4n) is 1.59. The molecule has 18 heavy (non-hydrogen) atoms. The van der Waals surface area contributed by atoms with E-state index >= 15 is 0 Å². The predicted octanol–water partition coefficient (Wildman–Crippen LogP) is 1.70. The average Bonchev–Trinajstić information content (AvgIpc) is 2.70. The van der Waals surface area contributed by atoms with Crippen molar-refractivity contribution < 1.29 is 5.11 Å². The van der Waals surface area contributed by atoms with Crippen LogP contribution in [0.5, 0.6) is 0 Å². The van der Waals surface area contributed by atoms with Crippen molar-refractivity contribution in [2.75, 3.05) is 0 Å². The van der Waals surface area contributed by atoms with Crippen LogP contribution < -0.4 is 5.69 Å². The van der Waals surface area contributed by atoms with Gasteiger partial charge in [0.05, 0.1) is 6.10 Å². The Kier molecular flexibility index (Phi) is 3.88. The molecule has 0 aliphatic heterocycles. The highest BCUT2D eigenvalue weighted by Crippen LogP contribution is 2.32. The van der Waals surface area contributed by atoms with Gasteiger partial charge in [0.1, 0.15) is 0 Å². The minimum atomic E-state index is -0.496. The zero-order valence-electron chi connectivity index (χ0n) is 10.3. The monoisotopic (exact) mass is 265 g/mol. The Balaban J connectivity index is 2.34. The first-order chi connectivity index (χ1) is 8.63. The van der Waals surface area contributed by atoms with Crippen molar-refractivity contribution in [1.82, 2.24) is 14.8 Å². The number of hydrogen-bond acceptors (Lipinski definition) is 4. The minimum absolute atomic E-state index is 0.244. The first-order valence-corrected chi connectivity index (χ1v) is 6.51. The fourth-order valence-corrected chi connectivity index (χ4v) is 2.57. The molecule has 1 heterocycles. The van der Waals surface area contributed by atoms with Crippen LogP contribution in [0.2, 0.25) is 0 Å². The largest absolute Gasteiger partial charge is 0.388 e. The third-order valence-electron chi connectivity index (χ3n) is 2.70. The quantitative estimate of drug-likeness (QED) is 0.882. The number of nitrogens with zero attached hydrogens (tertiary/aromatic N) is 2. The van der Waals surface area contributed by atoms with Gasteiger partial charge in [-0.05, 0) is 29.8 Å². The standard InChI is InChI=1S/C12H15N3O2S/c1-3-9(16)8-6-4-5-7-10(8)18-12-14-13-11(17)15(12)2/h4-7,9,16H,3H2,1-2H3,(H,13,17)/t9-/m0/s1. The lowest BCUT2D eigenvalue weighted by Gasteiger charge is -2.12. The lowest BCUT2D eigenvalue weighted by Crippen LogP contribution is -2.12. The highest BCUT2D eigenvalue weighted by atomic mass is 32.2. The van der Waals surface area contributed by atoms with E-state index in [1.54, 1.807) is 7.05 Å². The van der Waals surface area contributed by atoms with Crippen molar-refractivity contribution >= 4 is 11.8 Å². The first-order valence-electron chi connectivity index (χ1n) is 5.69. The predicted molar refractivity (Wildman–Crippen MR) is 69.6 cm³/mol. The maximum Gasteiger partial charge on any atom is 0.343 e. The summed E-state index contributed by atoms with van der Waals surface area (Å²) in [4.78, 5) is 12.2. The molecule has 5 nitrogen and oxygen atoms in total. The van der Waals surface area contributed by atoms with E-state index < -0.39 is 6.10 Å². The molecular formula is C12H15N3O2S. The summed E-state index contributed by atoms with van der Waals surface area (Å²) < 4.78 is 1.44. The first kappa shape index (κ1) is 12.9. The molecule has 2 aromatic rings. The zero-order valence-corrected chi connectivity index (χ0v) is 11.1. The van der Waals surface area contributed by atoms with E-state index in [1.807, 2.05) is 31.2 Å². The molecule has 0 unspecified atom stereocenters. The number of nitrogens with one attached hydrogen (secondary N) is 1. The van der Waals surface area contributed by atoms with Gasteiger partial charge in [-0.25, -0.2) is 9.89 Å². The number of aromatic nitrogens is 3. The highest BCUT2D eigenvalue weighted by Gasteiger charge is 2.13. The molecule has 1 atom stereocenters. The Morgan fingerprint density at radius 2 is 2.22 bits per heavy atom. The summed E-state index contributed by atoms with van der Waals surface area (Å²) in [7, 11) is 1.66. The van der Waals surface area contributed by atoms with Gasteiger partial charge in [0, 0.05) is 11.9 Å². The lowest BCUT2D eigenvalue weighted by atomic mass is 10.1. The third kappa shape index (κ3) is 2.49. The van der Waals surface area contributed by atoms with Crippen LogP contribution in [-0.2, 0) is 7.05 Å². The molecular weight excluding hydrogens is 250 g/mol. The van der Waals surface area contributed by atoms with Crippen molar-refractivity contribution in [1.29, 1.82) is 0 Å². The van der Waals surface area contributed by atoms with Gasteiger partial charge >= 0.3 is 5.69 Å². The molecule has 0 aliphatic rings. The van der Waals surface area contributed by atoms with Gasteiger partial charge in [-0.3, -0.25) is 4.57 Å². The second-order valence-corrected chi connectivity index (χ2v) is 4.94. The average molecular weight is 265 g/mol. The number of aliphatic hydroxyl groups excluding tert-OH is 1. The number of H-pyrrole nitrogens is 1. The molecule has 96 valence electrons. The maximum absolute atomic E-state index is 11.3. The lowest BCUT2D eigenvalue weighted by molar-refractivity contribution is 0.171. The summed E-state index contributed by atoms with van der Waals surface area (Å²) in [5.74, 6) is 0. The Morgan fingerprint density at radius 3 is 2.83 bits per heavy atom. The van der Waals surface area contributed by atoms with E-state index in [2.05, 4.69) is 10.2 Å². The smallest absolute Gasteiger partial charge is 0.343 e. The number of rotatable bonds is 4. The van der Waals surface area contributed by atoms with Crippen LogP contribution in [0.4, 0.5) is 0 Å². The normalized spacial score (nSPS) is 12.6. The van der Waals surface area contributed by atoms with Gasteiger partial charge in [-0.2, -0.15) is 0 Å². The van der Waals surface area contributed by atoms with Crippen molar-refractivity contribution in [2.45, 2.75) is 29.5 Å². The number of aliphatic hydroxyl groups is 1. The molecule has 0 saturated carbocycles. The Hall–Kier alpha value is -1.53. The van der Waals surface area contributed by atoms with Crippen LogP contribution in [0.25, 0.3) is 0 Å². The minimum Gasteiger partial charge on any atom is -0.388 e. The molecule has 0 spiro atoms. The van der Waals surface area contributed by atoms with Gasteiger partial charge in [0.2, 0.25) is 0 Å². The van der Waals surface area contributed by atoms with Gasteiger partial charge in [-0.1, -0.05) is 25.1 Å². The molecule has 1 aromatic heterocycles. The van der Waals surface area contributed by atoms with Crippen LogP contribution in [-0.4, -0.2) is 19.9 Å².